The van der Waals surface area contributed by atoms with Crippen LogP contribution in [-0.2, 0) is 6.54 Å². The lowest BCUT2D eigenvalue weighted by molar-refractivity contribution is 0.297. The monoisotopic (exact) mass is 368 g/mol. The molecule has 1 heterocycles. The van der Waals surface area contributed by atoms with Gasteiger partial charge in [-0.15, -0.1) is 0 Å². The maximum atomic E-state index is 5.98. The molecule has 0 N–H and O–H groups in total. The first-order chi connectivity index (χ1) is 13.7. The molecule has 4 rings (SSSR count). The van der Waals surface area contributed by atoms with E-state index in [-0.39, 0.29) is 0 Å². The van der Waals surface area contributed by atoms with E-state index in [1.165, 1.54) is 5.56 Å². The van der Waals surface area contributed by atoms with Crippen LogP contribution in [0.3, 0.4) is 0 Å². The van der Waals surface area contributed by atoms with Crippen LogP contribution in [0.1, 0.15) is 11.4 Å². The fourth-order valence-electron chi connectivity index (χ4n) is 3.41. The Morgan fingerprint density at radius 2 is 1.36 bits per heavy atom. The van der Waals surface area contributed by atoms with E-state index in [1.54, 1.807) is 0 Å². The van der Waals surface area contributed by atoms with E-state index >= 15 is 0 Å². The Balaban J connectivity index is 1.66. The lowest BCUT2D eigenvalue weighted by atomic mass is 10.0. The molecule has 0 fully saturated rings. The van der Waals surface area contributed by atoms with Crippen molar-refractivity contribution in [3.63, 3.8) is 0 Å². The van der Waals surface area contributed by atoms with Crippen molar-refractivity contribution in [3.05, 3.63) is 96.3 Å². The zero-order valence-electron chi connectivity index (χ0n) is 16.3. The van der Waals surface area contributed by atoms with Crippen LogP contribution >= 0.6 is 0 Å². The Hall–Kier alpha value is -3.33. The molecule has 1 aromatic heterocycles. The molecule has 28 heavy (non-hydrogen) atoms. The maximum Gasteiger partial charge on any atom is 0.119 e. The van der Waals surface area contributed by atoms with Crippen molar-refractivity contribution in [2.24, 2.45) is 0 Å². The Kier molecular flexibility index (Phi) is 5.24. The number of hydrogen-bond acceptors (Lipinski definition) is 2. The molecular formula is C25H24N2O. The summed E-state index contributed by atoms with van der Waals surface area (Å²) in [4.78, 5) is 4.90. The van der Waals surface area contributed by atoms with E-state index in [2.05, 4.69) is 79.1 Å². The normalized spacial score (nSPS) is 10.8. The first kappa shape index (κ1) is 18.1. The van der Waals surface area contributed by atoms with E-state index in [1.807, 2.05) is 24.3 Å². The summed E-state index contributed by atoms with van der Waals surface area (Å²) in [5, 5.41) is 0. The van der Waals surface area contributed by atoms with Gasteiger partial charge in [0.25, 0.3) is 0 Å². The lowest BCUT2D eigenvalue weighted by Gasteiger charge is -2.13. The lowest BCUT2D eigenvalue weighted by Crippen LogP contribution is -2.11. The van der Waals surface area contributed by atoms with Gasteiger partial charge in [0.15, 0.2) is 0 Å². The van der Waals surface area contributed by atoms with E-state index in [0.29, 0.717) is 6.61 Å². The minimum Gasteiger partial charge on any atom is -0.492 e. The highest BCUT2D eigenvalue weighted by Gasteiger charge is 2.17. The van der Waals surface area contributed by atoms with Crippen LogP contribution in [0.4, 0.5) is 0 Å². The second-order valence-corrected chi connectivity index (χ2v) is 6.90. The van der Waals surface area contributed by atoms with Crippen LogP contribution in [0, 0.1) is 13.8 Å². The summed E-state index contributed by atoms with van der Waals surface area (Å²) in [6.45, 7) is 5.47. The fraction of sp³-hybridized carbons (Fsp3) is 0.160. The van der Waals surface area contributed by atoms with Crippen molar-refractivity contribution in [2.45, 2.75) is 20.4 Å². The zero-order valence-corrected chi connectivity index (χ0v) is 16.3. The molecule has 0 aliphatic rings. The Labute approximate surface area is 166 Å². The van der Waals surface area contributed by atoms with Crippen molar-refractivity contribution >= 4 is 0 Å². The van der Waals surface area contributed by atoms with E-state index < -0.39 is 0 Å². The third-order valence-electron chi connectivity index (χ3n) is 4.86. The van der Waals surface area contributed by atoms with E-state index in [9.17, 15) is 0 Å². The van der Waals surface area contributed by atoms with Gasteiger partial charge in [0.2, 0.25) is 0 Å². The standard InChI is InChI=1S/C25H24N2O/c1-19-13-15-23(16-14-19)28-18-17-27-20(2)26-24(21-9-5-3-6-10-21)25(27)22-11-7-4-8-12-22/h3-16H,17-18H2,1-2H3. The van der Waals surface area contributed by atoms with Gasteiger partial charge in [0.05, 0.1) is 17.9 Å². The summed E-state index contributed by atoms with van der Waals surface area (Å²) < 4.78 is 8.23. The molecule has 0 aliphatic heterocycles. The molecule has 0 atom stereocenters. The summed E-state index contributed by atoms with van der Waals surface area (Å²) in [5.74, 6) is 1.89. The number of rotatable bonds is 6. The van der Waals surface area contributed by atoms with E-state index in [4.69, 9.17) is 9.72 Å². The van der Waals surface area contributed by atoms with Gasteiger partial charge in [-0.25, -0.2) is 4.98 Å². The number of aromatic nitrogens is 2. The van der Waals surface area contributed by atoms with Crippen molar-refractivity contribution < 1.29 is 4.74 Å². The minimum atomic E-state index is 0.592. The first-order valence-electron chi connectivity index (χ1n) is 9.60. The van der Waals surface area contributed by atoms with Gasteiger partial charge in [0, 0.05) is 11.1 Å². The van der Waals surface area contributed by atoms with Gasteiger partial charge in [-0.1, -0.05) is 78.4 Å². The second kappa shape index (κ2) is 8.13. The number of aryl methyl sites for hydroxylation is 2. The molecule has 3 heteroatoms. The van der Waals surface area contributed by atoms with Crippen LogP contribution in [-0.4, -0.2) is 16.2 Å². The molecule has 0 saturated carbocycles. The molecule has 0 bridgehead atoms. The maximum absolute atomic E-state index is 5.98. The second-order valence-electron chi connectivity index (χ2n) is 6.90. The number of ether oxygens (including phenoxy) is 1. The predicted octanol–water partition coefficient (Wildman–Crippen LogP) is 5.91. The number of nitrogens with zero attached hydrogens (tertiary/aromatic N) is 2. The largest absolute Gasteiger partial charge is 0.492 e. The summed E-state index contributed by atoms with van der Waals surface area (Å²) in [6, 6.07) is 29.0. The topological polar surface area (TPSA) is 27.1 Å². The van der Waals surface area contributed by atoms with Crippen molar-refractivity contribution in [1.29, 1.82) is 0 Å². The first-order valence-corrected chi connectivity index (χ1v) is 9.60. The van der Waals surface area contributed by atoms with Crippen LogP contribution in [0.5, 0.6) is 5.75 Å². The Morgan fingerprint density at radius 1 is 0.750 bits per heavy atom. The van der Waals surface area contributed by atoms with Crippen molar-refractivity contribution in [2.75, 3.05) is 6.61 Å². The molecule has 0 aliphatic carbocycles. The fourth-order valence-corrected chi connectivity index (χ4v) is 3.41. The molecule has 0 radical (unpaired) electrons. The highest BCUT2D eigenvalue weighted by molar-refractivity contribution is 5.79. The summed E-state index contributed by atoms with van der Waals surface area (Å²) >= 11 is 0. The van der Waals surface area contributed by atoms with E-state index in [0.717, 1.165) is 40.6 Å². The molecular weight excluding hydrogens is 344 g/mol. The quantitative estimate of drug-likeness (QED) is 0.423. The van der Waals surface area contributed by atoms with Crippen molar-refractivity contribution in [3.8, 4) is 28.3 Å². The van der Waals surface area contributed by atoms with Gasteiger partial charge in [0.1, 0.15) is 18.2 Å². The average Bonchev–Trinajstić information content (AvgIpc) is 3.07. The molecule has 3 aromatic carbocycles. The molecule has 3 nitrogen and oxygen atoms in total. The Morgan fingerprint density at radius 3 is 2.00 bits per heavy atom. The zero-order chi connectivity index (χ0) is 19.3. The summed E-state index contributed by atoms with van der Waals surface area (Å²) in [7, 11) is 0. The van der Waals surface area contributed by atoms with Crippen LogP contribution in [0.2, 0.25) is 0 Å². The number of hydrogen-bond donors (Lipinski definition) is 0. The van der Waals surface area contributed by atoms with Crippen LogP contribution in [0.15, 0.2) is 84.9 Å². The van der Waals surface area contributed by atoms with Crippen LogP contribution < -0.4 is 4.74 Å². The highest BCUT2D eigenvalue weighted by Crippen LogP contribution is 2.32. The predicted molar refractivity (Wildman–Crippen MR) is 115 cm³/mol. The van der Waals surface area contributed by atoms with Gasteiger partial charge < -0.3 is 9.30 Å². The number of benzene rings is 3. The Bertz CT molecular complexity index is 1040. The number of imidazole rings is 1. The third-order valence-corrected chi connectivity index (χ3v) is 4.86. The smallest absolute Gasteiger partial charge is 0.119 e. The summed E-state index contributed by atoms with van der Waals surface area (Å²) in [6.07, 6.45) is 0. The molecule has 140 valence electrons. The SMILES string of the molecule is Cc1ccc(OCCn2c(C)nc(-c3ccccc3)c2-c2ccccc2)cc1. The van der Waals surface area contributed by atoms with Gasteiger partial charge in [-0.3, -0.25) is 0 Å². The van der Waals surface area contributed by atoms with Crippen molar-refractivity contribution in [1.82, 2.24) is 9.55 Å². The van der Waals surface area contributed by atoms with Gasteiger partial charge >= 0.3 is 0 Å². The summed E-state index contributed by atoms with van der Waals surface area (Å²) in [5.41, 5.74) is 5.67. The average molecular weight is 368 g/mol. The molecule has 0 amide bonds. The molecule has 0 unspecified atom stereocenters. The molecule has 0 spiro atoms. The van der Waals surface area contributed by atoms with Gasteiger partial charge in [-0.05, 0) is 26.0 Å². The minimum absolute atomic E-state index is 0.592. The van der Waals surface area contributed by atoms with Crippen LogP contribution in [0.25, 0.3) is 22.5 Å². The third kappa shape index (κ3) is 3.84. The highest BCUT2D eigenvalue weighted by atomic mass is 16.5. The molecule has 0 saturated heterocycles. The molecule has 4 aromatic rings. The van der Waals surface area contributed by atoms with Gasteiger partial charge in [-0.2, -0.15) is 0 Å².